The predicted molar refractivity (Wildman–Crippen MR) is 64.4 cm³/mol. The molecule has 1 heterocycles. The van der Waals surface area contributed by atoms with Crippen LogP contribution in [0.4, 0.5) is 0 Å². The van der Waals surface area contributed by atoms with Gasteiger partial charge < -0.3 is 9.84 Å². The minimum Gasteiger partial charge on any atom is -0.508 e. The van der Waals surface area contributed by atoms with Gasteiger partial charge in [-0.1, -0.05) is 6.07 Å². The number of aromatic hydroxyl groups is 1. The van der Waals surface area contributed by atoms with E-state index < -0.39 is 0 Å². The lowest BCUT2D eigenvalue weighted by Crippen LogP contribution is -1.96. The van der Waals surface area contributed by atoms with Gasteiger partial charge >= 0.3 is 6.01 Å². The van der Waals surface area contributed by atoms with E-state index in [4.69, 9.17) is 4.74 Å². The largest absolute Gasteiger partial charge is 0.508 e. The molecular formula is C13H14N2O2. The molecule has 0 saturated heterocycles. The number of phenols is 1. The second-order valence-electron chi connectivity index (χ2n) is 3.94. The van der Waals surface area contributed by atoms with Crippen molar-refractivity contribution in [1.29, 1.82) is 0 Å². The van der Waals surface area contributed by atoms with Crippen molar-refractivity contribution in [2.45, 2.75) is 20.8 Å². The summed E-state index contributed by atoms with van der Waals surface area (Å²) < 4.78 is 5.57. The molecule has 0 unspecified atom stereocenters. The highest BCUT2D eigenvalue weighted by Crippen LogP contribution is 2.28. The predicted octanol–water partition coefficient (Wildman–Crippen LogP) is 2.90. The number of hydrogen-bond acceptors (Lipinski definition) is 4. The molecule has 0 amide bonds. The number of ether oxygens (including phenoxy) is 1. The maximum Gasteiger partial charge on any atom is 0.322 e. The molecule has 0 aliphatic heterocycles. The third kappa shape index (κ3) is 2.53. The molecule has 0 radical (unpaired) electrons. The second-order valence-corrected chi connectivity index (χ2v) is 3.94. The Balaban J connectivity index is 2.34. The van der Waals surface area contributed by atoms with Crippen LogP contribution in [-0.2, 0) is 0 Å². The highest BCUT2D eigenvalue weighted by atomic mass is 16.5. The molecule has 4 heteroatoms. The van der Waals surface area contributed by atoms with Gasteiger partial charge in [0.25, 0.3) is 0 Å². The molecule has 0 bridgehead atoms. The molecular weight excluding hydrogens is 216 g/mol. The maximum atomic E-state index is 9.57. The van der Waals surface area contributed by atoms with Gasteiger partial charge in [-0.2, -0.15) is 0 Å². The van der Waals surface area contributed by atoms with E-state index in [1.54, 1.807) is 25.1 Å². The van der Waals surface area contributed by atoms with Gasteiger partial charge in [0.2, 0.25) is 0 Å². The van der Waals surface area contributed by atoms with Crippen molar-refractivity contribution in [2.24, 2.45) is 0 Å². The minimum atomic E-state index is 0.201. The van der Waals surface area contributed by atoms with Crippen LogP contribution in [0.3, 0.4) is 0 Å². The first-order valence-corrected chi connectivity index (χ1v) is 5.35. The summed E-state index contributed by atoms with van der Waals surface area (Å²) in [5, 5.41) is 9.57. The molecule has 4 nitrogen and oxygen atoms in total. The first-order chi connectivity index (χ1) is 8.06. The second kappa shape index (κ2) is 4.41. The molecule has 1 N–H and O–H groups in total. The summed E-state index contributed by atoms with van der Waals surface area (Å²) in [4.78, 5) is 8.37. The molecule has 2 aromatic rings. The van der Waals surface area contributed by atoms with Crippen LogP contribution in [-0.4, -0.2) is 15.1 Å². The molecule has 88 valence electrons. The fraction of sp³-hybridized carbons (Fsp3) is 0.231. The number of phenolic OH excluding ortho intramolecular Hbond substituents is 1. The molecule has 1 aromatic heterocycles. The van der Waals surface area contributed by atoms with Gasteiger partial charge in [0.05, 0.1) is 0 Å². The molecule has 0 spiro atoms. The summed E-state index contributed by atoms with van der Waals surface area (Å²) in [5.41, 5.74) is 2.38. The van der Waals surface area contributed by atoms with Crippen molar-refractivity contribution in [3.63, 3.8) is 0 Å². The lowest BCUT2D eigenvalue weighted by atomic mass is 10.2. The van der Waals surface area contributed by atoms with E-state index in [1.165, 1.54) is 0 Å². The quantitative estimate of drug-likeness (QED) is 0.861. The van der Waals surface area contributed by atoms with E-state index in [0.29, 0.717) is 17.3 Å². The summed E-state index contributed by atoms with van der Waals surface area (Å²) in [7, 11) is 0. The third-order valence-electron chi connectivity index (χ3n) is 2.42. The molecule has 0 saturated carbocycles. The number of aromatic nitrogens is 2. The molecule has 0 aliphatic carbocycles. The zero-order valence-electron chi connectivity index (χ0n) is 10.1. The summed E-state index contributed by atoms with van der Waals surface area (Å²) in [5.74, 6) is 0.766. The van der Waals surface area contributed by atoms with E-state index >= 15 is 0 Å². The first-order valence-electron chi connectivity index (χ1n) is 5.35. The van der Waals surface area contributed by atoms with Gasteiger partial charge in [0.1, 0.15) is 11.5 Å². The zero-order valence-corrected chi connectivity index (χ0v) is 10.1. The maximum absolute atomic E-state index is 9.57. The fourth-order valence-corrected chi connectivity index (χ4v) is 1.55. The lowest BCUT2D eigenvalue weighted by Gasteiger charge is -2.08. The third-order valence-corrected chi connectivity index (χ3v) is 2.42. The number of benzene rings is 1. The van der Waals surface area contributed by atoms with Crippen molar-refractivity contribution in [1.82, 2.24) is 9.97 Å². The summed E-state index contributed by atoms with van der Waals surface area (Å²) in [6.07, 6.45) is 0. The van der Waals surface area contributed by atoms with Crippen LogP contribution in [0.1, 0.15) is 17.0 Å². The number of rotatable bonds is 2. The number of nitrogens with zero attached hydrogens (tertiary/aromatic N) is 2. The van der Waals surface area contributed by atoms with Crippen LogP contribution in [0, 0.1) is 20.8 Å². The first kappa shape index (κ1) is 11.4. The summed E-state index contributed by atoms with van der Waals surface area (Å²) in [6.45, 7) is 5.56. The zero-order chi connectivity index (χ0) is 12.4. The minimum absolute atomic E-state index is 0.201. The van der Waals surface area contributed by atoms with Crippen molar-refractivity contribution in [2.75, 3.05) is 0 Å². The highest BCUT2D eigenvalue weighted by molar-refractivity contribution is 5.43. The average Bonchev–Trinajstić information content (AvgIpc) is 2.23. The Kier molecular flexibility index (Phi) is 2.95. The van der Waals surface area contributed by atoms with E-state index in [0.717, 1.165) is 11.4 Å². The van der Waals surface area contributed by atoms with E-state index in [2.05, 4.69) is 9.97 Å². The Bertz CT molecular complexity index is 533. The molecule has 0 fully saturated rings. The molecule has 1 aromatic carbocycles. The molecule has 0 atom stereocenters. The van der Waals surface area contributed by atoms with Gasteiger partial charge in [-0.15, -0.1) is 0 Å². The van der Waals surface area contributed by atoms with Crippen LogP contribution in [0.25, 0.3) is 0 Å². The van der Waals surface area contributed by atoms with Crippen molar-refractivity contribution in [3.8, 4) is 17.5 Å². The van der Waals surface area contributed by atoms with Gasteiger partial charge in [0, 0.05) is 17.0 Å². The monoisotopic (exact) mass is 230 g/mol. The normalized spacial score (nSPS) is 10.3. The fourth-order valence-electron chi connectivity index (χ4n) is 1.55. The Labute approximate surface area is 99.9 Å². The summed E-state index contributed by atoms with van der Waals surface area (Å²) in [6, 6.07) is 7.29. The van der Waals surface area contributed by atoms with Gasteiger partial charge in [-0.25, -0.2) is 9.97 Å². The summed E-state index contributed by atoms with van der Waals surface area (Å²) >= 11 is 0. The Morgan fingerprint density at radius 3 is 2.35 bits per heavy atom. The van der Waals surface area contributed by atoms with Crippen molar-refractivity contribution < 1.29 is 9.84 Å². The SMILES string of the molecule is Cc1cc(C)nc(Oc2cccc(O)c2C)n1. The number of hydrogen-bond donors (Lipinski definition) is 1. The van der Waals surface area contributed by atoms with Crippen LogP contribution < -0.4 is 4.74 Å². The van der Waals surface area contributed by atoms with Gasteiger partial charge in [-0.3, -0.25) is 0 Å². The van der Waals surface area contributed by atoms with Crippen LogP contribution in [0.15, 0.2) is 24.3 Å². The lowest BCUT2D eigenvalue weighted by molar-refractivity contribution is 0.423. The van der Waals surface area contributed by atoms with Crippen LogP contribution in [0.2, 0.25) is 0 Å². The molecule has 0 aliphatic rings. The highest BCUT2D eigenvalue weighted by Gasteiger charge is 2.07. The van der Waals surface area contributed by atoms with Gasteiger partial charge in [0.15, 0.2) is 0 Å². The van der Waals surface area contributed by atoms with E-state index in [-0.39, 0.29) is 5.75 Å². The van der Waals surface area contributed by atoms with Crippen molar-refractivity contribution in [3.05, 3.63) is 41.2 Å². The number of aryl methyl sites for hydroxylation is 2. The standard InChI is InChI=1S/C13H14N2O2/c1-8-7-9(2)15-13(14-8)17-12-6-4-5-11(16)10(12)3/h4-7,16H,1-3H3. The average molecular weight is 230 g/mol. The Morgan fingerprint density at radius 2 is 1.71 bits per heavy atom. The topological polar surface area (TPSA) is 55.2 Å². The smallest absolute Gasteiger partial charge is 0.322 e. The Morgan fingerprint density at radius 1 is 1.06 bits per heavy atom. The molecule has 17 heavy (non-hydrogen) atoms. The van der Waals surface area contributed by atoms with Crippen LogP contribution >= 0.6 is 0 Å². The van der Waals surface area contributed by atoms with Gasteiger partial charge in [-0.05, 0) is 39.0 Å². The van der Waals surface area contributed by atoms with E-state index in [9.17, 15) is 5.11 Å². The Hall–Kier alpha value is -2.10. The van der Waals surface area contributed by atoms with Crippen molar-refractivity contribution >= 4 is 0 Å². The van der Waals surface area contributed by atoms with Crippen LogP contribution in [0.5, 0.6) is 17.5 Å². The molecule has 2 rings (SSSR count). The van der Waals surface area contributed by atoms with E-state index in [1.807, 2.05) is 19.9 Å².